The molecule has 4 heterocycles. The first kappa shape index (κ1) is 44.6. The van der Waals surface area contributed by atoms with Crippen molar-refractivity contribution < 1.29 is 19.0 Å². The molecular formula is C47H62N6O6. The van der Waals surface area contributed by atoms with Crippen molar-refractivity contribution in [1.82, 2.24) is 24.4 Å². The largest absolute Gasteiger partial charge is 0.492 e. The molecule has 59 heavy (non-hydrogen) atoms. The standard InChI is InChI=1S/C26H35N3O4.C21H27N3O2/c1-16(2)14-26(7,28-24(31)33-25(4,5)6)15-32-18-9-10-19-20-11-12-27-17(3)22(20)29(8)23(30)21(19)13-18;1-13(2)11-21(4,22)12-26-15-6-7-16-17-8-9-23-14(3)19(17)24(5)20(25)18(16)10-15/h9-13,16H,14-15H2,1-8H3,(H,28,31);6-10,13H,11-12,22H2,1-5H3/t26-;21-/m00/s1. The summed E-state index contributed by atoms with van der Waals surface area (Å²) in [5.41, 5.74) is 7.90. The van der Waals surface area contributed by atoms with Crippen LogP contribution in [0.15, 0.2) is 70.5 Å². The summed E-state index contributed by atoms with van der Waals surface area (Å²) in [7, 11) is 3.54. The van der Waals surface area contributed by atoms with E-state index in [1.807, 2.05) is 90.9 Å². The van der Waals surface area contributed by atoms with Crippen LogP contribution >= 0.6 is 0 Å². The van der Waals surface area contributed by atoms with E-state index >= 15 is 0 Å². The summed E-state index contributed by atoms with van der Waals surface area (Å²) in [4.78, 5) is 47.0. The molecule has 0 radical (unpaired) electrons. The number of ether oxygens (including phenoxy) is 3. The summed E-state index contributed by atoms with van der Waals surface area (Å²) in [5, 5.41) is 7.98. The number of carbonyl (C=O) groups excluding carboxylic acids is 1. The molecule has 12 heteroatoms. The van der Waals surface area contributed by atoms with Gasteiger partial charge in [-0.3, -0.25) is 19.6 Å². The lowest BCUT2D eigenvalue weighted by Gasteiger charge is -2.33. The number of aromatic nitrogens is 4. The third-order valence-electron chi connectivity index (χ3n) is 10.2. The summed E-state index contributed by atoms with van der Waals surface area (Å²) in [6.07, 6.45) is 4.64. The average molecular weight is 807 g/mol. The molecule has 6 aromatic rings. The zero-order chi connectivity index (χ0) is 43.6. The molecule has 316 valence electrons. The summed E-state index contributed by atoms with van der Waals surface area (Å²) in [5.74, 6) is 2.08. The van der Waals surface area contributed by atoms with E-state index < -0.39 is 22.8 Å². The minimum Gasteiger partial charge on any atom is -0.492 e. The van der Waals surface area contributed by atoms with Crippen molar-refractivity contribution in [3.63, 3.8) is 0 Å². The molecule has 0 saturated carbocycles. The Morgan fingerprint density at radius 1 is 0.678 bits per heavy atom. The van der Waals surface area contributed by atoms with Crippen LogP contribution in [0.3, 0.4) is 0 Å². The molecule has 3 N–H and O–H groups in total. The molecule has 0 bridgehead atoms. The van der Waals surface area contributed by atoms with Crippen LogP contribution in [0.5, 0.6) is 11.5 Å². The number of carbonyl (C=O) groups is 1. The topological polar surface area (TPSA) is 153 Å². The van der Waals surface area contributed by atoms with Gasteiger partial charge < -0.3 is 34.4 Å². The molecule has 12 nitrogen and oxygen atoms in total. The van der Waals surface area contributed by atoms with Gasteiger partial charge in [0.2, 0.25) is 0 Å². The van der Waals surface area contributed by atoms with Crippen molar-refractivity contribution in [1.29, 1.82) is 0 Å². The molecule has 4 aromatic heterocycles. The molecule has 1 amide bonds. The lowest BCUT2D eigenvalue weighted by atomic mass is 9.91. The van der Waals surface area contributed by atoms with E-state index in [1.54, 1.807) is 41.7 Å². The first-order valence-corrected chi connectivity index (χ1v) is 20.3. The first-order valence-electron chi connectivity index (χ1n) is 20.3. The van der Waals surface area contributed by atoms with E-state index in [1.165, 1.54) is 0 Å². The van der Waals surface area contributed by atoms with E-state index in [0.717, 1.165) is 50.4 Å². The van der Waals surface area contributed by atoms with Crippen LogP contribution in [0.2, 0.25) is 0 Å². The molecule has 0 unspecified atom stereocenters. The van der Waals surface area contributed by atoms with Gasteiger partial charge in [-0.1, -0.05) is 27.7 Å². The zero-order valence-electron chi connectivity index (χ0n) is 37.1. The molecule has 0 aliphatic rings. The highest BCUT2D eigenvalue weighted by Crippen LogP contribution is 2.29. The van der Waals surface area contributed by atoms with Crippen LogP contribution in [0.25, 0.3) is 43.4 Å². The van der Waals surface area contributed by atoms with Crippen molar-refractivity contribution in [2.75, 3.05) is 13.2 Å². The van der Waals surface area contributed by atoms with Crippen molar-refractivity contribution in [2.45, 2.75) is 106 Å². The number of rotatable bonds is 11. The Bertz CT molecular complexity index is 2620. The Hall–Kier alpha value is -5.49. The molecule has 0 fully saturated rings. The quantitative estimate of drug-likeness (QED) is 0.123. The molecule has 0 aliphatic heterocycles. The van der Waals surface area contributed by atoms with Crippen LogP contribution < -0.4 is 31.6 Å². The van der Waals surface area contributed by atoms with Crippen molar-refractivity contribution in [3.05, 3.63) is 93.0 Å². The van der Waals surface area contributed by atoms with Gasteiger partial charge in [0.15, 0.2) is 0 Å². The fourth-order valence-electron chi connectivity index (χ4n) is 8.09. The summed E-state index contributed by atoms with van der Waals surface area (Å²) in [6.45, 7) is 22.4. The van der Waals surface area contributed by atoms with Gasteiger partial charge in [-0.2, -0.15) is 0 Å². The van der Waals surface area contributed by atoms with Crippen LogP contribution in [-0.2, 0) is 18.8 Å². The Balaban J connectivity index is 0.000000230. The molecule has 0 aliphatic carbocycles. The minimum absolute atomic E-state index is 0.0493. The van der Waals surface area contributed by atoms with Crippen LogP contribution in [0.1, 0.15) is 86.5 Å². The van der Waals surface area contributed by atoms with E-state index in [-0.39, 0.29) is 17.7 Å². The Labute approximate surface area is 347 Å². The Kier molecular flexibility index (Phi) is 13.1. The Morgan fingerprint density at radius 3 is 1.54 bits per heavy atom. The monoisotopic (exact) mass is 806 g/mol. The summed E-state index contributed by atoms with van der Waals surface area (Å²) in [6, 6.07) is 15.1. The van der Waals surface area contributed by atoms with Crippen LogP contribution in [-0.4, -0.2) is 55.1 Å². The minimum atomic E-state index is -0.636. The first-order chi connectivity index (χ1) is 27.5. The van der Waals surface area contributed by atoms with E-state index in [9.17, 15) is 14.4 Å². The predicted molar refractivity (Wildman–Crippen MR) is 239 cm³/mol. The number of amides is 1. The summed E-state index contributed by atoms with van der Waals surface area (Å²) >= 11 is 0. The molecular weight excluding hydrogens is 745 g/mol. The van der Waals surface area contributed by atoms with Gasteiger partial charge in [0.1, 0.15) is 30.3 Å². The van der Waals surface area contributed by atoms with Gasteiger partial charge >= 0.3 is 6.09 Å². The molecule has 0 saturated heterocycles. The van der Waals surface area contributed by atoms with Gasteiger partial charge in [0.05, 0.1) is 38.7 Å². The molecule has 2 atom stereocenters. The van der Waals surface area contributed by atoms with Gasteiger partial charge in [0, 0.05) is 42.8 Å². The number of nitrogens with two attached hydrogens (primary N) is 1. The van der Waals surface area contributed by atoms with Gasteiger partial charge in [-0.25, -0.2) is 4.79 Å². The fraction of sp³-hybridized carbons (Fsp3) is 0.468. The third-order valence-corrected chi connectivity index (χ3v) is 10.2. The number of alkyl carbamates (subject to hydrolysis) is 1. The lowest BCUT2D eigenvalue weighted by molar-refractivity contribution is 0.0408. The number of benzene rings is 2. The zero-order valence-corrected chi connectivity index (χ0v) is 37.1. The highest BCUT2D eigenvalue weighted by atomic mass is 16.6. The second-order valence-corrected chi connectivity index (χ2v) is 18.3. The molecule has 6 rings (SSSR count). The number of pyridine rings is 4. The highest BCUT2D eigenvalue weighted by Gasteiger charge is 2.31. The fourth-order valence-corrected chi connectivity index (χ4v) is 8.09. The number of nitrogens with zero attached hydrogens (tertiary/aromatic N) is 4. The average Bonchev–Trinajstić information content (AvgIpc) is 3.12. The number of nitrogens with one attached hydrogen (secondary N) is 1. The van der Waals surface area contributed by atoms with Crippen molar-refractivity contribution in [3.8, 4) is 11.5 Å². The lowest BCUT2D eigenvalue weighted by Crippen LogP contribution is -2.52. The van der Waals surface area contributed by atoms with Crippen LogP contribution in [0.4, 0.5) is 4.79 Å². The second kappa shape index (κ2) is 17.4. The van der Waals surface area contributed by atoms with Gasteiger partial charge in [0.25, 0.3) is 11.1 Å². The normalized spacial score (nSPS) is 14.0. The number of aryl methyl sites for hydroxylation is 4. The van der Waals surface area contributed by atoms with Crippen LogP contribution in [0, 0.1) is 25.7 Å². The second-order valence-electron chi connectivity index (χ2n) is 18.3. The predicted octanol–water partition coefficient (Wildman–Crippen LogP) is 8.64. The SMILES string of the molecule is Cc1nccc2c3ccc(OC[C@@](C)(N)CC(C)C)cc3c(=O)n(C)c12.Cc1nccc2c3ccc(OC[C@](C)(CC(C)C)NC(=O)OC(C)(C)C)cc3c(=O)n(C)c12. The van der Waals surface area contributed by atoms with E-state index in [0.29, 0.717) is 47.1 Å². The number of hydrogen-bond donors (Lipinski definition) is 2. The van der Waals surface area contributed by atoms with Gasteiger partial charge in [-0.05, 0) is 132 Å². The smallest absolute Gasteiger partial charge is 0.408 e. The van der Waals surface area contributed by atoms with E-state index in [2.05, 4.69) is 43.0 Å². The molecule has 2 aromatic carbocycles. The Morgan fingerprint density at radius 2 is 1.12 bits per heavy atom. The third kappa shape index (κ3) is 10.6. The maximum absolute atomic E-state index is 13.1. The number of hydrogen-bond acceptors (Lipinski definition) is 9. The van der Waals surface area contributed by atoms with Gasteiger partial charge in [-0.15, -0.1) is 0 Å². The maximum Gasteiger partial charge on any atom is 0.408 e. The highest BCUT2D eigenvalue weighted by molar-refractivity contribution is 6.07. The molecule has 0 spiro atoms. The van der Waals surface area contributed by atoms with Crippen molar-refractivity contribution >= 4 is 49.4 Å². The van der Waals surface area contributed by atoms with Crippen molar-refractivity contribution in [2.24, 2.45) is 31.7 Å². The number of fused-ring (bicyclic) bond motifs is 6. The maximum atomic E-state index is 13.1. The van der Waals surface area contributed by atoms with E-state index in [4.69, 9.17) is 19.9 Å². The summed E-state index contributed by atoms with van der Waals surface area (Å²) < 4.78 is 20.8.